The first kappa shape index (κ1) is 21.2. The van der Waals surface area contributed by atoms with E-state index in [9.17, 15) is 13.2 Å². The molecule has 2 bridgehead atoms. The van der Waals surface area contributed by atoms with E-state index >= 15 is 0 Å². The molecule has 2 saturated carbocycles. The van der Waals surface area contributed by atoms with Crippen LogP contribution in [0, 0.1) is 17.8 Å². The molecule has 1 aromatic carbocycles. The topological polar surface area (TPSA) is 93.7 Å². The average molecular weight is 411 g/mol. The van der Waals surface area contributed by atoms with Crippen molar-refractivity contribution >= 4 is 21.6 Å². The molecule has 0 saturated heterocycles. The minimum absolute atomic E-state index is 0.0658. The lowest BCUT2D eigenvalue weighted by Crippen LogP contribution is -2.40. The van der Waals surface area contributed by atoms with Crippen LogP contribution in [0.5, 0.6) is 0 Å². The van der Waals surface area contributed by atoms with Crippen LogP contribution in [0.3, 0.4) is 0 Å². The zero-order chi connectivity index (χ0) is 20.1. The highest BCUT2D eigenvalue weighted by Crippen LogP contribution is 2.49. The number of hydrogen-bond donors (Lipinski definition) is 2. The monoisotopic (exact) mass is 410 g/mol. The zero-order valence-electron chi connectivity index (χ0n) is 16.5. The fourth-order valence-corrected chi connectivity index (χ4v) is 5.82. The second-order valence-electron chi connectivity index (χ2n) is 7.87. The van der Waals surface area contributed by atoms with E-state index in [1.165, 1.54) is 31.4 Å². The second-order valence-corrected chi connectivity index (χ2v) is 9.58. The highest BCUT2D eigenvalue weighted by Gasteiger charge is 2.42. The van der Waals surface area contributed by atoms with Crippen molar-refractivity contribution in [3.8, 4) is 0 Å². The summed E-state index contributed by atoms with van der Waals surface area (Å²) in [6.45, 7) is 2.66. The minimum atomic E-state index is -3.58. The van der Waals surface area contributed by atoms with Crippen LogP contribution in [0.4, 0.5) is 5.69 Å². The minimum Gasteiger partial charge on any atom is -0.382 e. The predicted molar refractivity (Wildman–Crippen MR) is 106 cm³/mol. The Balaban J connectivity index is 1.52. The van der Waals surface area contributed by atoms with E-state index in [0.717, 1.165) is 12.3 Å². The summed E-state index contributed by atoms with van der Waals surface area (Å²) in [5, 5.41) is 2.68. The molecule has 7 nitrogen and oxygen atoms in total. The molecule has 4 atom stereocenters. The average Bonchev–Trinajstić information content (AvgIpc) is 3.29. The van der Waals surface area contributed by atoms with E-state index in [1.807, 2.05) is 6.92 Å². The van der Waals surface area contributed by atoms with E-state index in [-0.39, 0.29) is 23.5 Å². The molecule has 2 aliphatic carbocycles. The molecule has 2 N–H and O–H groups in total. The van der Waals surface area contributed by atoms with Crippen LogP contribution in [-0.2, 0) is 24.3 Å². The van der Waals surface area contributed by atoms with E-state index in [0.29, 0.717) is 30.7 Å². The highest BCUT2D eigenvalue weighted by atomic mass is 32.2. The van der Waals surface area contributed by atoms with E-state index < -0.39 is 10.0 Å². The number of hydrogen-bond acceptors (Lipinski definition) is 5. The molecule has 28 heavy (non-hydrogen) atoms. The quantitative estimate of drug-likeness (QED) is 0.578. The van der Waals surface area contributed by atoms with Gasteiger partial charge in [-0.05, 0) is 68.2 Å². The van der Waals surface area contributed by atoms with Gasteiger partial charge in [0, 0.05) is 18.8 Å². The van der Waals surface area contributed by atoms with Crippen molar-refractivity contribution in [2.45, 2.75) is 43.5 Å². The largest absolute Gasteiger partial charge is 0.382 e. The summed E-state index contributed by atoms with van der Waals surface area (Å²) in [6.07, 6.45) is 4.91. The normalized spacial score (nSPS) is 25.0. The third kappa shape index (κ3) is 5.31. The number of anilines is 1. The van der Waals surface area contributed by atoms with Crippen LogP contribution in [0.15, 0.2) is 29.2 Å². The lowest BCUT2D eigenvalue weighted by Gasteiger charge is -2.28. The Morgan fingerprint density at radius 2 is 1.93 bits per heavy atom. The zero-order valence-corrected chi connectivity index (χ0v) is 17.3. The van der Waals surface area contributed by atoms with Gasteiger partial charge < -0.3 is 14.8 Å². The number of carbonyl (C=O) groups excluding carboxylic acids is 1. The van der Waals surface area contributed by atoms with Gasteiger partial charge in [0.15, 0.2) is 0 Å². The number of benzene rings is 1. The van der Waals surface area contributed by atoms with Gasteiger partial charge in [-0.25, -0.2) is 13.1 Å². The molecule has 3 rings (SSSR count). The molecule has 1 aromatic rings. The number of ether oxygens (including phenoxy) is 2. The van der Waals surface area contributed by atoms with Gasteiger partial charge in [-0.1, -0.05) is 6.42 Å². The number of sulfonamides is 1. The molecular formula is C20H30N2O5S. The summed E-state index contributed by atoms with van der Waals surface area (Å²) in [5.74, 6) is 1.58. The lowest BCUT2D eigenvalue weighted by molar-refractivity contribution is -0.121. The van der Waals surface area contributed by atoms with Crippen LogP contribution in [-0.4, -0.2) is 47.3 Å². The van der Waals surface area contributed by atoms with E-state index in [4.69, 9.17) is 9.47 Å². The van der Waals surface area contributed by atoms with Crippen LogP contribution >= 0.6 is 0 Å². The molecule has 8 heteroatoms. The molecule has 2 aliphatic rings. The Morgan fingerprint density at radius 3 is 2.54 bits per heavy atom. The van der Waals surface area contributed by atoms with Gasteiger partial charge in [0.2, 0.25) is 15.9 Å². The number of rotatable bonds is 10. The van der Waals surface area contributed by atoms with Crippen LogP contribution < -0.4 is 10.0 Å². The smallest absolute Gasteiger partial charge is 0.250 e. The predicted octanol–water partition coefficient (Wildman–Crippen LogP) is 2.39. The Labute approximate surface area is 167 Å². The van der Waals surface area contributed by atoms with Gasteiger partial charge >= 0.3 is 0 Å². The molecule has 4 unspecified atom stereocenters. The number of amides is 1. The standard InChI is InChI=1S/C20H30N2O5S/c1-14(19-12-15-3-4-16(19)11-15)22-28(24,25)18-7-5-17(6-8-18)21-20(23)13-27-10-9-26-2/h5-8,14-16,19,22H,3-4,9-13H2,1-2H3,(H,21,23). The second kappa shape index (κ2) is 9.35. The maximum absolute atomic E-state index is 12.7. The Hall–Kier alpha value is -1.48. The van der Waals surface area contributed by atoms with Crippen molar-refractivity contribution in [2.75, 3.05) is 32.2 Å². The Morgan fingerprint density at radius 1 is 1.18 bits per heavy atom. The lowest BCUT2D eigenvalue weighted by atomic mass is 9.84. The molecule has 0 aromatic heterocycles. The van der Waals surface area contributed by atoms with Crippen molar-refractivity contribution in [2.24, 2.45) is 17.8 Å². The number of carbonyl (C=O) groups is 1. The van der Waals surface area contributed by atoms with E-state index in [2.05, 4.69) is 10.0 Å². The molecule has 0 radical (unpaired) electrons. The van der Waals surface area contributed by atoms with Crippen molar-refractivity contribution in [3.63, 3.8) is 0 Å². The summed E-state index contributed by atoms with van der Waals surface area (Å²) < 4.78 is 38.3. The first-order valence-corrected chi connectivity index (χ1v) is 11.4. The summed E-state index contributed by atoms with van der Waals surface area (Å²) in [6, 6.07) is 6.13. The number of methoxy groups -OCH3 is 1. The summed E-state index contributed by atoms with van der Waals surface area (Å²) >= 11 is 0. The highest BCUT2D eigenvalue weighted by molar-refractivity contribution is 7.89. The van der Waals surface area contributed by atoms with Crippen LogP contribution in [0.25, 0.3) is 0 Å². The molecule has 0 aliphatic heterocycles. The van der Waals surface area contributed by atoms with Gasteiger partial charge in [0.25, 0.3) is 0 Å². The first-order chi connectivity index (χ1) is 13.4. The fourth-order valence-electron chi connectivity index (χ4n) is 4.53. The van der Waals surface area contributed by atoms with Crippen LogP contribution in [0.2, 0.25) is 0 Å². The maximum Gasteiger partial charge on any atom is 0.250 e. The first-order valence-electron chi connectivity index (χ1n) is 9.88. The third-order valence-electron chi connectivity index (χ3n) is 5.89. The fraction of sp³-hybridized carbons (Fsp3) is 0.650. The third-order valence-corrected chi connectivity index (χ3v) is 7.46. The summed E-state index contributed by atoms with van der Waals surface area (Å²) in [7, 11) is -2.02. The molecule has 0 spiro atoms. The molecule has 0 heterocycles. The van der Waals surface area contributed by atoms with E-state index in [1.54, 1.807) is 19.2 Å². The van der Waals surface area contributed by atoms with Gasteiger partial charge in [-0.2, -0.15) is 0 Å². The summed E-state index contributed by atoms with van der Waals surface area (Å²) in [4.78, 5) is 12.0. The van der Waals surface area contributed by atoms with Gasteiger partial charge in [0.05, 0.1) is 18.1 Å². The van der Waals surface area contributed by atoms with Crippen molar-refractivity contribution in [3.05, 3.63) is 24.3 Å². The van der Waals surface area contributed by atoms with Crippen molar-refractivity contribution < 1.29 is 22.7 Å². The van der Waals surface area contributed by atoms with Crippen molar-refractivity contribution in [1.82, 2.24) is 4.72 Å². The SMILES string of the molecule is COCCOCC(=O)Nc1ccc(S(=O)(=O)NC(C)C2CC3CCC2C3)cc1. The number of fused-ring (bicyclic) bond motifs is 2. The summed E-state index contributed by atoms with van der Waals surface area (Å²) in [5.41, 5.74) is 0.528. The maximum atomic E-state index is 12.7. The molecule has 1 amide bonds. The number of nitrogens with one attached hydrogen (secondary N) is 2. The van der Waals surface area contributed by atoms with Gasteiger partial charge in [-0.3, -0.25) is 4.79 Å². The van der Waals surface area contributed by atoms with Crippen molar-refractivity contribution in [1.29, 1.82) is 0 Å². The Bertz CT molecular complexity index is 765. The van der Waals surface area contributed by atoms with Gasteiger partial charge in [-0.15, -0.1) is 0 Å². The Kier molecular flexibility index (Phi) is 7.09. The van der Waals surface area contributed by atoms with Crippen LogP contribution in [0.1, 0.15) is 32.6 Å². The molecular weight excluding hydrogens is 380 g/mol. The molecule has 156 valence electrons. The molecule has 2 fully saturated rings. The van der Waals surface area contributed by atoms with Gasteiger partial charge in [0.1, 0.15) is 6.61 Å².